The number of fused-ring (bicyclic) bond motifs is 1. The largest absolute Gasteiger partial charge is 0.381 e. The van der Waals surface area contributed by atoms with E-state index >= 15 is 0 Å². The van der Waals surface area contributed by atoms with Crippen molar-refractivity contribution in [3.8, 4) is 11.3 Å². The van der Waals surface area contributed by atoms with Gasteiger partial charge in [0.15, 0.2) is 5.82 Å². The van der Waals surface area contributed by atoms with Crippen LogP contribution in [0.3, 0.4) is 0 Å². The Kier molecular flexibility index (Phi) is 7.97. The molecule has 1 aromatic carbocycles. The molecule has 8 nitrogen and oxygen atoms in total. The van der Waals surface area contributed by atoms with Crippen LogP contribution in [0.1, 0.15) is 12.8 Å². The molecule has 0 saturated carbocycles. The molecule has 2 aliphatic rings. The van der Waals surface area contributed by atoms with E-state index in [1.807, 2.05) is 6.07 Å². The summed E-state index contributed by atoms with van der Waals surface area (Å²) in [6.07, 6.45) is 5.67. The Bertz CT molecular complexity index is 1040. The second kappa shape index (κ2) is 11.1. The van der Waals surface area contributed by atoms with Crippen molar-refractivity contribution >= 4 is 36.0 Å². The molecule has 2 saturated heterocycles. The highest BCUT2D eigenvalue weighted by Crippen LogP contribution is 2.28. The quantitative estimate of drug-likeness (QED) is 0.571. The smallest absolute Gasteiger partial charge is 0.154 e. The van der Waals surface area contributed by atoms with E-state index in [-0.39, 0.29) is 19.6 Å². The Balaban J connectivity index is 0.00000259. The number of rotatable bonds is 6. The molecular formula is C24H32N6O2S. The summed E-state index contributed by atoms with van der Waals surface area (Å²) in [7, 11) is 2.17. The number of benzene rings is 1. The Hall–Kier alpha value is -2.46. The van der Waals surface area contributed by atoms with Crippen molar-refractivity contribution in [3.05, 3.63) is 42.7 Å². The van der Waals surface area contributed by atoms with E-state index in [1.165, 1.54) is 5.69 Å². The number of anilines is 2. The molecule has 176 valence electrons. The molecular weight excluding hydrogens is 436 g/mol. The fraction of sp³-hybridized carbons (Fsp3) is 0.458. The normalized spacial score (nSPS) is 19.1. The average molecular weight is 469 g/mol. The average Bonchev–Trinajstić information content (AvgIpc) is 2.88. The number of morpholine rings is 1. The molecule has 0 spiro atoms. The molecule has 1 atom stereocenters. The monoisotopic (exact) mass is 468 g/mol. The Morgan fingerprint density at radius 1 is 1.09 bits per heavy atom. The number of hydrogen-bond donors (Lipinski definition) is 2. The van der Waals surface area contributed by atoms with Gasteiger partial charge in [0.25, 0.3) is 0 Å². The Labute approximate surface area is 201 Å². The molecule has 2 aliphatic heterocycles. The second-order valence-corrected chi connectivity index (χ2v) is 8.36. The Morgan fingerprint density at radius 2 is 1.88 bits per heavy atom. The number of pyridine rings is 1. The fourth-order valence-electron chi connectivity index (χ4n) is 4.36. The molecule has 5 rings (SSSR count). The molecule has 0 amide bonds. The van der Waals surface area contributed by atoms with Crippen LogP contribution in [-0.4, -0.2) is 73.6 Å². The Morgan fingerprint density at radius 3 is 2.64 bits per heavy atom. The molecule has 9 heteroatoms. The maximum Gasteiger partial charge on any atom is 0.154 e. The van der Waals surface area contributed by atoms with Crippen LogP contribution in [0, 0.1) is 0 Å². The third kappa shape index (κ3) is 5.55. The summed E-state index contributed by atoms with van der Waals surface area (Å²) in [4.78, 5) is 16.3. The van der Waals surface area contributed by atoms with E-state index in [1.54, 1.807) is 12.4 Å². The van der Waals surface area contributed by atoms with Gasteiger partial charge in [0, 0.05) is 69.6 Å². The van der Waals surface area contributed by atoms with Crippen LogP contribution in [0.2, 0.25) is 0 Å². The van der Waals surface area contributed by atoms with Crippen LogP contribution >= 0.6 is 13.5 Å². The van der Waals surface area contributed by atoms with Gasteiger partial charge in [0.2, 0.25) is 0 Å². The van der Waals surface area contributed by atoms with E-state index in [0.29, 0.717) is 12.6 Å². The summed E-state index contributed by atoms with van der Waals surface area (Å²) >= 11 is 0. The van der Waals surface area contributed by atoms with Crippen molar-refractivity contribution in [1.29, 1.82) is 0 Å². The molecule has 2 aromatic heterocycles. The van der Waals surface area contributed by atoms with Crippen LogP contribution in [0.5, 0.6) is 0 Å². The number of nitrogens with zero attached hydrogens (tertiary/aromatic N) is 4. The van der Waals surface area contributed by atoms with Crippen molar-refractivity contribution in [1.82, 2.24) is 20.3 Å². The van der Waals surface area contributed by atoms with Gasteiger partial charge in [-0.05, 0) is 31.0 Å². The summed E-state index contributed by atoms with van der Waals surface area (Å²) in [5.41, 5.74) is 4.74. The van der Waals surface area contributed by atoms with Gasteiger partial charge >= 0.3 is 0 Å². The molecule has 0 radical (unpaired) electrons. The van der Waals surface area contributed by atoms with Gasteiger partial charge in [0.05, 0.1) is 23.9 Å². The maximum atomic E-state index is 5.81. The van der Waals surface area contributed by atoms with E-state index in [0.717, 1.165) is 73.9 Å². The highest BCUT2D eigenvalue weighted by atomic mass is 32.1. The summed E-state index contributed by atoms with van der Waals surface area (Å²) in [6, 6.07) is 11.1. The van der Waals surface area contributed by atoms with Gasteiger partial charge in [0.1, 0.15) is 5.52 Å². The van der Waals surface area contributed by atoms with Gasteiger partial charge in [-0.15, -0.1) is 0 Å². The minimum absolute atomic E-state index is 0. The van der Waals surface area contributed by atoms with Crippen LogP contribution < -0.4 is 15.5 Å². The van der Waals surface area contributed by atoms with Crippen molar-refractivity contribution in [2.24, 2.45) is 0 Å². The molecule has 4 heterocycles. The number of aromatic nitrogens is 3. The standard InChI is InChI=1S/C24H30N6O2.H2S/c1-30(19-6-11-31-12-7-19)18-4-2-17(3-5-18)21-14-22-23(27-9-8-26-22)24(29-21)28-16-20-15-25-10-13-32-20;/h2-5,8-9,14,19-20,25H,6-7,10-13,15-16H2,1H3,(H,28,29);1H2/t20-;/m0./s1. The predicted molar refractivity (Wildman–Crippen MR) is 136 cm³/mol. The minimum Gasteiger partial charge on any atom is -0.381 e. The van der Waals surface area contributed by atoms with Gasteiger partial charge in [-0.25, -0.2) is 9.97 Å². The highest BCUT2D eigenvalue weighted by Gasteiger charge is 2.19. The van der Waals surface area contributed by atoms with Crippen molar-refractivity contribution < 1.29 is 9.47 Å². The first-order valence-electron chi connectivity index (χ1n) is 11.4. The maximum absolute atomic E-state index is 5.81. The topological polar surface area (TPSA) is 84.4 Å². The molecule has 2 N–H and O–H groups in total. The zero-order valence-electron chi connectivity index (χ0n) is 19.0. The lowest BCUT2D eigenvalue weighted by atomic mass is 10.1. The second-order valence-electron chi connectivity index (χ2n) is 8.36. The van der Waals surface area contributed by atoms with Gasteiger partial charge in [-0.3, -0.25) is 4.98 Å². The lowest BCUT2D eigenvalue weighted by Gasteiger charge is -2.33. The molecule has 0 aliphatic carbocycles. The highest BCUT2D eigenvalue weighted by molar-refractivity contribution is 7.59. The van der Waals surface area contributed by atoms with E-state index in [4.69, 9.17) is 14.5 Å². The number of nitrogens with one attached hydrogen (secondary N) is 2. The van der Waals surface area contributed by atoms with Crippen LogP contribution in [-0.2, 0) is 9.47 Å². The van der Waals surface area contributed by atoms with Crippen molar-refractivity contribution in [3.63, 3.8) is 0 Å². The van der Waals surface area contributed by atoms with E-state index in [9.17, 15) is 0 Å². The minimum atomic E-state index is 0. The lowest BCUT2D eigenvalue weighted by molar-refractivity contribution is 0.0372. The van der Waals surface area contributed by atoms with E-state index < -0.39 is 0 Å². The number of ether oxygens (including phenoxy) is 2. The van der Waals surface area contributed by atoms with Crippen molar-refractivity contribution in [2.45, 2.75) is 25.0 Å². The molecule has 2 fully saturated rings. The van der Waals surface area contributed by atoms with Crippen molar-refractivity contribution in [2.75, 3.05) is 56.7 Å². The van der Waals surface area contributed by atoms with Gasteiger partial charge in [-0.1, -0.05) is 12.1 Å². The van der Waals surface area contributed by atoms with Crippen LogP contribution in [0.15, 0.2) is 42.7 Å². The predicted octanol–water partition coefficient (Wildman–Crippen LogP) is 2.82. The van der Waals surface area contributed by atoms with Gasteiger partial charge < -0.3 is 25.0 Å². The first kappa shape index (κ1) is 23.7. The zero-order valence-corrected chi connectivity index (χ0v) is 20.0. The molecule has 0 bridgehead atoms. The third-order valence-electron chi connectivity index (χ3n) is 6.27. The van der Waals surface area contributed by atoms with E-state index in [2.05, 4.69) is 56.8 Å². The molecule has 0 unspecified atom stereocenters. The zero-order chi connectivity index (χ0) is 21.8. The summed E-state index contributed by atoms with van der Waals surface area (Å²) in [5.74, 6) is 0.739. The van der Waals surface area contributed by atoms with Crippen LogP contribution in [0.25, 0.3) is 22.3 Å². The lowest BCUT2D eigenvalue weighted by Crippen LogP contribution is -2.42. The summed E-state index contributed by atoms with van der Waals surface area (Å²) < 4.78 is 11.3. The number of hydrogen-bond acceptors (Lipinski definition) is 8. The summed E-state index contributed by atoms with van der Waals surface area (Å²) in [6.45, 7) is 4.81. The SMILES string of the molecule is CN(c1ccc(-c2cc3nccnc3c(NC[C@@H]3CNCCO3)n2)cc1)C1CCOCC1.S. The first-order valence-corrected chi connectivity index (χ1v) is 11.4. The summed E-state index contributed by atoms with van der Waals surface area (Å²) in [5, 5.41) is 6.80. The molecule has 3 aromatic rings. The first-order chi connectivity index (χ1) is 15.8. The third-order valence-corrected chi connectivity index (χ3v) is 6.27. The fourth-order valence-corrected chi connectivity index (χ4v) is 4.36. The molecule has 33 heavy (non-hydrogen) atoms. The van der Waals surface area contributed by atoms with Crippen LogP contribution in [0.4, 0.5) is 11.5 Å². The van der Waals surface area contributed by atoms with Gasteiger partial charge in [-0.2, -0.15) is 13.5 Å².